The van der Waals surface area contributed by atoms with Crippen LogP contribution in [0.2, 0.25) is 0 Å². The zero-order valence-corrected chi connectivity index (χ0v) is 9.76. The molecule has 0 aromatic carbocycles. The summed E-state index contributed by atoms with van der Waals surface area (Å²) in [4.78, 5) is 0. The lowest BCUT2D eigenvalue weighted by Crippen LogP contribution is -2.36. The van der Waals surface area contributed by atoms with Crippen LogP contribution in [0.15, 0.2) is 0 Å². The molecular formula is C12H20O4. The largest absolute Gasteiger partial charge is 0.372 e. The summed E-state index contributed by atoms with van der Waals surface area (Å²) in [6.07, 6.45) is 3.74. The van der Waals surface area contributed by atoms with Gasteiger partial charge in [-0.25, -0.2) is 0 Å². The molecule has 16 heavy (non-hydrogen) atoms. The molecule has 4 nitrogen and oxygen atoms in total. The van der Waals surface area contributed by atoms with Gasteiger partial charge < -0.3 is 18.9 Å². The van der Waals surface area contributed by atoms with Crippen LogP contribution >= 0.6 is 0 Å². The van der Waals surface area contributed by atoms with E-state index < -0.39 is 0 Å². The van der Waals surface area contributed by atoms with Crippen LogP contribution in [0.25, 0.3) is 0 Å². The molecule has 3 aliphatic heterocycles. The van der Waals surface area contributed by atoms with E-state index >= 15 is 0 Å². The van der Waals surface area contributed by atoms with Crippen molar-refractivity contribution in [2.75, 3.05) is 19.8 Å². The molecule has 0 aromatic rings. The molecule has 0 aliphatic carbocycles. The van der Waals surface area contributed by atoms with Crippen LogP contribution in [0.1, 0.15) is 26.2 Å². The molecule has 0 spiro atoms. The van der Waals surface area contributed by atoms with E-state index in [0.29, 0.717) is 12.5 Å². The predicted molar refractivity (Wildman–Crippen MR) is 57.1 cm³/mol. The van der Waals surface area contributed by atoms with Crippen LogP contribution in [0.3, 0.4) is 0 Å². The van der Waals surface area contributed by atoms with Gasteiger partial charge in [0, 0.05) is 12.5 Å². The van der Waals surface area contributed by atoms with Gasteiger partial charge in [0.15, 0.2) is 6.29 Å². The Balaban J connectivity index is 1.55. The molecule has 4 heteroatoms. The van der Waals surface area contributed by atoms with Gasteiger partial charge in [-0.3, -0.25) is 0 Å². The van der Waals surface area contributed by atoms with Gasteiger partial charge in [0.2, 0.25) is 0 Å². The zero-order chi connectivity index (χ0) is 11.0. The van der Waals surface area contributed by atoms with E-state index in [9.17, 15) is 0 Å². The molecule has 3 fully saturated rings. The van der Waals surface area contributed by atoms with Crippen molar-refractivity contribution in [1.29, 1.82) is 0 Å². The van der Waals surface area contributed by atoms with Crippen molar-refractivity contribution in [3.63, 3.8) is 0 Å². The van der Waals surface area contributed by atoms with Gasteiger partial charge in [-0.05, 0) is 19.3 Å². The summed E-state index contributed by atoms with van der Waals surface area (Å²) in [5, 5.41) is 0. The number of rotatable bonds is 2. The smallest absolute Gasteiger partial charge is 0.158 e. The Bertz CT molecular complexity index is 239. The third-order valence-electron chi connectivity index (χ3n) is 3.72. The minimum Gasteiger partial charge on any atom is -0.372 e. The summed E-state index contributed by atoms with van der Waals surface area (Å²) < 4.78 is 23.0. The number of fused-ring (bicyclic) bond motifs is 1. The van der Waals surface area contributed by atoms with Crippen molar-refractivity contribution in [3.05, 3.63) is 0 Å². The predicted octanol–water partition coefficient (Wildman–Crippen LogP) is 1.33. The molecule has 92 valence electrons. The van der Waals surface area contributed by atoms with Crippen LogP contribution in [0.4, 0.5) is 0 Å². The quantitative estimate of drug-likeness (QED) is 0.714. The first-order chi connectivity index (χ1) is 7.84. The van der Waals surface area contributed by atoms with E-state index in [4.69, 9.17) is 18.9 Å². The van der Waals surface area contributed by atoms with Crippen molar-refractivity contribution in [1.82, 2.24) is 0 Å². The van der Waals surface area contributed by atoms with Gasteiger partial charge in [0.25, 0.3) is 0 Å². The highest BCUT2D eigenvalue weighted by atomic mass is 16.7. The maximum Gasteiger partial charge on any atom is 0.158 e. The molecule has 3 saturated heterocycles. The standard InChI is InChI=1S/C12H20O4/c1-8-6-14-12-9(7-15-11(8)12)16-10-4-2-3-5-13-10/h8-12H,2-7H2,1H3. The Morgan fingerprint density at radius 1 is 1.00 bits per heavy atom. The molecule has 0 bridgehead atoms. The van der Waals surface area contributed by atoms with Crippen LogP contribution in [0.5, 0.6) is 0 Å². The lowest BCUT2D eigenvalue weighted by atomic mass is 10.0. The van der Waals surface area contributed by atoms with E-state index in [1.165, 1.54) is 6.42 Å². The maximum absolute atomic E-state index is 5.94. The summed E-state index contributed by atoms with van der Waals surface area (Å²) in [5.41, 5.74) is 0. The lowest BCUT2D eigenvalue weighted by Gasteiger charge is -2.27. The Kier molecular flexibility index (Phi) is 3.16. The highest BCUT2D eigenvalue weighted by molar-refractivity contribution is 4.93. The fraction of sp³-hybridized carbons (Fsp3) is 1.00. The maximum atomic E-state index is 5.94. The van der Waals surface area contributed by atoms with Gasteiger partial charge in [-0.2, -0.15) is 0 Å². The molecular weight excluding hydrogens is 208 g/mol. The summed E-state index contributed by atoms with van der Waals surface area (Å²) in [5.74, 6) is 0.492. The van der Waals surface area contributed by atoms with Crippen molar-refractivity contribution in [3.8, 4) is 0 Å². The fourth-order valence-electron chi connectivity index (χ4n) is 2.79. The van der Waals surface area contributed by atoms with E-state index in [1.807, 2.05) is 0 Å². The second-order valence-corrected chi connectivity index (χ2v) is 5.04. The molecule has 0 aromatic heterocycles. The van der Waals surface area contributed by atoms with Gasteiger partial charge in [0.05, 0.1) is 19.3 Å². The summed E-state index contributed by atoms with van der Waals surface area (Å²) in [6, 6.07) is 0. The van der Waals surface area contributed by atoms with E-state index in [2.05, 4.69) is 6.92 Å². The molecule has 5 atom stereocenters. The number of hydrogen-bond acceptors (Lipinski definition) is 4. The van der Waals surface area contributed by atoms with E-state index in [-0.39, 0.29) is 24.6 Å². The summed E-state index contributed by atoms with van der Waals surface area (Å²) >= 11 is 0. The Labute approximate surface area is 96.2 Å². The highest BCUT2D eigenvalue weighted by Gasteiger charge is 2.47. The normalized spacial score (nSPS) is 48.2. The molecule has 0 saturated carbocycles. The molecule has 3 heterocycles. The number of hydrogen-bond donors (Lipinski definition) is 0. The van der Waals surface area contributed by atoms with Crippen LogP contribution in [-0.2, 0) is 18.9 Å². The molecule has 3 rings (SSSR count). The Hall–Kier alpha value is -0.160. The monoisotopic (exact) mass is 228 g/mol. The van der Waals surface area contributed by atoms with Crippen LogP contribution < -0.4 is 0 Å². The topological polar surface area (TPSA) is 36.9 Å². The second-order valence-electron chi connectivity index (χ2n) is 5.04. The number of ether oxygens (including phenoxy) is 4. The SMILES string of the molecule is CC1COC2C(OC3CCCCO3)COC12. The Morgan fingerprint density at radius 3 is 2.69 bits per heavy atom. The first-order valence-corrected chi connectivity index (χ1v) is 6.35. The van der Waals surface area contributed by atoms with Gasteiger partial charge in [-0.15, -0.1) is 0 Å². The fourth-order valence-corrected chi connectivity index (χ4v) is 2.79. The average molecular weight is 228 g/mol. The summed E-state index contributed by atoms with van der Waals surface area (Å²) in [7, 11) is 0. The molecule has 0 amide bonds. The van der Waals surface area contributed by atoms with Crippen molar-refractivity contribution < 1.29 is 18.9 Å². The lowest BCUT2D eigenvalue weighted by molar-refractivity contribution is -0.202. The molecule has 5 unspecified atom stereocenters. The Morgan fingerprint density at radius 2 is 1.88 bits per heavy atom. The first-order valence-electron chi connectivity index (χ1n) is 6.35. The van der Waals surface area contributed by atoms with Crippen LogP contribution in [0, 0.1) is 5.92 Å². The van der Waals surface area contributed by atoms with Crippen molar-refractivity contribution >= 4 is 0 Å². The van der Waals surface area contributed by atoms with Gasteiger partial charge >= 0.3 is 0 Å². The molecule has 3 aliphatic rings. The van der Waals surface area contributed by atoms with Crippen molar-refractivity contribution in [2.45, 2.75) is 50.8 Å². The molecule has 0 N–H and O–H groups in total. The summed E-state index contributed by atoms with van der Waals surface area (Å²) in [6.45, 7) is 4.44. The third kappa shape index (κ3) is 1.99. The van der Waals surface area contributed by atoms with E-state index in [1.54, 1.807) is 0 Å². The van der Waals surface area contributed by atoms with Crippen molar-refractivity contribution in [2.24, 2.45) is 5.92 Å². The van der Waals surface area contributed by atoms with Gasteiger partial charge in [0.1, 0.15) is 12.2 Å². The van der Waals surface area contributed by atoms with Crippen LogP contribution in [-0.4, -0.2) is 44.4 Å². The minimum atomic E-state index is -0.0411. The minimum absolute atomic E-state index is 0.0411. The zero-order valence-electron chi connectivity index (χ0n) is 9.76. The third-order valence-corrected chi connectivity index (χ3v) is 3.72. The van der Waals surface area contributed by atoms with Gasteiger partial charge in [-0.1, -0.05) is 6.92 Å². The first kappa shape index (κ1) is 11.0. The highest BCUT2D eigenvalue weighted by Crippen LogP contribution is 2.33. The molecule has 0 radical (unpaired) electrons. The average Bonchev–Trinajstić information content (AvgIpc) is 2.86. The second kappa shape index (κ2) is 4.61. The van der Waals surface area contributed by atoms with E-state index in [0.717, 1.165) is 26.1 Å².